The van der Waals surface area contributed by atoms with E-state index in [1.165, 1.54) is 24.0 Å². The van der Waals surface area contributed by atoms with E-state index >= 15 is 0 Å². The van der Waals surface area contributed by atoms with Gasteiger partial charge < -0.3 is 15.7 Å². The van der Waals surface area contributed by atoms with Crippen LogP contribution in [0, 0.1) is 0 Å². The number of hydrogen-bond acceptors (Lipinski definition) is 4. The first kappa shape index (κ1) is 23.3. The monoisotopic (exact) mass is 464 g/mol. The van der Waals surface area contributed by atoms with E-state index in [1.807, 2.05) is 23.1 Å². The highest BCUT2D eigenvalue weighted by Gasteiger charge is 2.41. The third kappa shape index (κ3) is 4.49. The number of aromatic carboxylic acids is 1. The van der Waals surface area contributed by atoms with Crippen molar-refractivity contribution < 1.29 is 14.7 Å². The topological polar surface area (TPSA) is 99.8 Å². The fourth-order valence-electron chi connectivity index (χ4n) is 4.72. The number of rotatable bonds is 5. The van der Waals surface area contributed by atoms with Crippen LogP contribution in [-0.4, -0.2) is 52.7 Å². The van der Waals surface area contributed by atoms with E-state index in [1.54, 1.807) is 4.90 Å². The van der Waals surface area contributed by atoms with Crippen LogP contribution in [-0.2, 0) is 5.41 Å². The van der Waals surface area contributed by atoms with Gasteiger partial charge in [-0.1, -0.05) is 23.7 Å². The second-order valence-electron chi connectivity index (χ2n) is 8.09. The highest BCUT2D eigenvalue weighted by Crippen LogP contribution is 2.41. The van der Waals surface area contributed by atoms with Crippen molar-refractivity contribution in [2.75, 3.05) is 24.5 Å². The van der Waals surface area contributed by atoms with E-state index in [2.05, 4.69) is 11.1 Å². The van der Waals surface area contributed by atoms with Crippen molar-refractivity contribution in [3.8, 4) is 0 Å². The molecule has 31 heavy (non-hydrogen) atoms. The molecule has 1 saturated heterocycles. The molecule has 0 radical (unpaired) electrons. The Morgan fingerprint density at radius 1 is 1.23 bits per heavy atom. The second kappa shape index (κ2) is 9.42. The normalized spacial score (nSPS) is 23.5. The predicted octanol–water partition coefficient (Wildman–Crippen LogP) is 3.94. The Kier molecular flexibility index (Phi) is 7.09. The third-order valence-corrected chi connectivity index (χ3v) is 6.74. The summed E-state index contributed by atoms with van der Waals surface area (Å²) in [4.78, 5) is 31.8. The summed E-state index contributed by atoms with van der Waals surface area (Å²) in [6.07, 6.45) is 6.36. The fraction of sp³-hybridized carbons (Fsp3) is 0.409. The number of urea groups is 1. The average Bonchev–Trinajstić information content (AvgIpc) is 3.15. The molecule has 0 unspecified atom stereocenters. The zero-order valence-electron chi connectivity index (χ0n) is 17.0. The number of benzene rings is 1. The van der Waals surface area contributed by atoms with Crippen LogP contribution in [0.2, 0.25) is 5.02 Å². The molecule has 2 fully saturated rings. The van der Waals surface area contributed by atoms with E-state index in [-0.39, 0.29) is 35.5 Å². The van der Waals surface area contributed by atoms with Crippen LogP contribution in [0.3, 0.4) is 0 Å². The Balaban J connectivity index is 0.00000272. The number of pyridine rings is 1. The minimum Gasteiger partial charge on any atom is -0.478 e. The zero-order chi connectivity index (χ0) is 21.3. The Labute approximate surface area is 192 Å². The van der Waals surface area contributed by atoms with Gasteiger partial charge in [-0.05, 0) is 49.4 Å². The van der Waals surface area contributed by atoms with Crippen molar-refractivity contribution in [3.05, 3.63) is 58.9 Å². The average molecular weight is 465 g/mol. The summed E-state index contributed by atoms with van der Waals surface area (Å²) in [7, 11) is 0. The summed E-state index contributed by atoms with van der Waals surface area (Å²) in [5.74, 6) is -1.06. The van der Waals surface area contributed by atoms with Crippen LogP contribution in [0.15, 0.2) is 42.7 Å². The second-order valence-corrected chi connectivity index (χ2v) is 8.53. The summed E-state index contributed by atoms with van der Waals surface area (Å²) >= 11 is 6.20. The van der Waals surface area contributed by atoms with Crippen LogP contribution >= 0.6 is 24.0 Å². The fourth-order valence-corrected chi connectivity index (χ4v) is 4.91. The molecule has 0 spiro atoms. The lowest BCUT2D eigenvalue weighted by Crippen LogP contribution is -2.46. The molecule has 2 aliphatic rings. The molecular weight excluding hydrogens is 439 g/mol. The van der Waals surface area contributed by atoms with Crippen LogP contribution < -0.4 is 10.6 Å². The Morgan fingerprint density at radius 2 is 1.97 bits per heavy atom. The summed E-state index contributed by atoms with van der Waals surface area (Å²) in [6, 6.07) is 9.47. The SMILES string of the molecule is Cl.NC[C@]1(c2cccc(Cl)c2)CC[C@@H](N2CCN(c3cncc(C(=O)O)c3)C2=O)CC1. The standard InChI is InChI=1S/C22H25ClN4O3.ClH/c23-17-3-1-2-16(11-17)22(14-24)6-4-18(5-7-22)26-8-9-27(21(26)30)19-10-15(20(28)29)12-25-13-19;/h1-3,10-13,18H,4-9,14,24H2,(H,28,29);1H/t18-,22+;. The van der Waals surface area contributed by atoms with Gasteiger partial charge in [0.25, 0.3) is 0 Å². The summed E-state index contributed by atoms with van der Waals surface area (Å²) in [5.41, 5.74) is 7.85. The molecular formula is C22H26Cl2N4O3. The van der Waals surface area contributed by atoms with E-state index < -0.39 is 5.97 Å². The molecule has 0 atom stereocenters. The molecule has 1 aromatic heterocycles. The van der Waals surface area contributed by atoms with Gasteiger partial charge in [0, 0.05) is 42.3 Å². The van der Waals surface area contributed by atoms with Gasteiger partial charge in [-0.15, -0.1) is 12.4 Å². The number of nitrogens with two attached hydrogens (primary N) is 1. The van der Waals surface area contributed by atoms with Gasteiger partial charge in [0.15, 0.2) is 0 Å². The number of nitrogens with zero attached hydrogens (tertiary/aromatic N) is 3. The molecule has 1 saturated carbocycles. The van der Waals surface area contributed by atoms with Crippen LogP contribution in [0.25, 0.3) is 0 Å². The summed E-state index contributed by atoms with van der Waals surface area (Å²) < 4.78 is 0. The Morgan fingerprint density at radius 3 is 2.61 bits per heavy atom. The van der Waals surface area contributed by atoms with Crippen LogP contribution in [0.1, 0.15) is 41.6 Å². The number of hydrogen-bond donors (Lipinski definition) is 2. The van der Waals surface area contributed by atoms with Crippen molar-refractivity contribution in [3.63, 3.8) is 0 Å². The lowest BCUT2D eigenvalue weighted by atomic mass is 9.68. The van der Waals surface area contributed by atoms with Gasteiger partial charge in [0.2, 0.25) is 0 Å². The molecule has 9 heteroatoms. The quantitative estimate of drug-likeness (QED) is 0.697. The number of carboxylic acids is 1. The molecule has 1 aromatic carbocycles. The Bertz CT molecular complexity index is 963. The first-order valence-electron chi connectivity index (χ1n) is 10.2. The molecule has 0 bridgehead atoms. The lowest BCUT2D eigenvalue weighted by molar-refractivity contribution is 0.0696. The first-order chi connectivity index (χ1) is 14.4. The van der Waals surface area contributed by atoms with Crippen LogP contribution in [0.5, 0.6) is 0 Å². The first-order valence-corrected chi connectivity index (χ1v) is 10.5. The van der Waals surface area contributed by atoms with E-state index in [0.717, 1.165) is 25.7 Å². The molecule has 2 aromatic rings. The molecule has 2 amide bonds. The maximum Gasteiger partial charge on any atom is 0.337 e. The highest BCUT2D eigenvalue weighted by atomic mass is 35.5. The number of carboxylic acid groups (broad SMARTS) is 1. The summed E-state index contributed by atoms with van der Waals surface area (Å²) in [6.45, 7) is 1.69. The van der Waals surface area contributed by atoms with Gasteiger partial charge in [0.05, 0.1) is 17.4 Å². The van der Waals surface area contributed by atoms with Gasteiger partial charge in [-0.3, -0.25) is 9.88 Å². The van der Waals surface area contributed by atoms with Crippen molar-refractivity contribution in [2.24, 2.45) is 5.73 Å². The van der Waals surface area contributed by atoms with Crippen molar-refractivity contribution >= 4 is 41.7 Å². The third-order valence-electron chi connectivity index (χ3n) is 6.50. The van der Waals surface area contributed by atoms with E-state index in [4.69, 9.17) is 17.3 Å². The van der Waals surface area contributed by atoms with Crippen molar-refractivity contribution in [1.82, 2.24) is 9.88 Å². The number of carbonyl (C=O) groups is 2. The molecule has 1 aliphatic carbocycles. The van der Waals surface area contributed by atoms with Crippen molar-refractivity contribution in [2.45, 2.75) is 37.1 Å². The molecule has 4 rings (SSSR count). The van der Waals surface area contributed by atoms with Gasteiger partial charge in [0.1, 0.15) is 0 Å². The smallest absolute Gasteiger partial charge is 0.337 e. The predicted molar refractivity (Wildman–Crippen MR) is 122 cm³/mol. The van der Waals surface area contributed by atoms with E-state index in [9.17, 15) is 14.7 Å². The number of carbonyl (C=O) groups excluding carboxylic acids is 1. The summed E-state index contributed by atoms with van der Waals surface area (Å²) in [5, 5.41) is 9.90. The molecule has 1 aliphatic heterocycles. The minimum atomic E-state index is -1.06. The largest absolute Gasteiger partial charge is 0.478 e. The van der Waals surface area contributed by atoms with Crippen LogP contribution in [0.4, 0.5) is 10.5 Å². The van der Waals surface area contributed by atoms with Crippen molar-refractivity contribution in [1.29, 1.82) is 0 Å². The maximum atomic E-state index is 13.1. The van der Waals surface area contributed by atoms with Gasteiger partial charge in [-0.2, -0.15) is 0 Å². The lowest BCUT2D eigenvalue weighted by Gasteiger charge is -2.42. The maximum absolute atomic E-state index is 13.1. The molecule has 2 heterocycles. The highest BCUT2D eigenvalue weighted by molar-refractivity contribution is 6.30. The number of aromatic nitrogens is 1. The van der Waals surface area contributed by atoms with E-state index in [0.29, 0.717) is 30.3 Å². The minimum absolute atomic E-state index is 0. The number of amides is 2. The molecule has 7 nitrogen and oxygen atoms in total. The van der Waals surface area contributed by atoms with Gasteiger partial charge in [-0.25, -0.2) is 9.59 Å². The Hall–Kier alpha value is -2.35. The zero-order valence-corrected chi connectivity index (χ0v) is 18.6. The number of anilines is 1. The molecule has 3 N–H and O–H groups in total. The number of halogens is 2. The van der Waals surface area contributed by atoms with Gasteiger partial charge >= 0.3 is 12.0 Å². The molecule has 166 valence electrons.